The first-order valence-corrected chi connectivity index (χ1v) is 7.15. The monoisotopic (exact) mass is 558 g/mol. The van der Waals surface area contributed by atoms with Gasteiger partial charge in [0.15, 0.2) is 5.82 Å². The van der Waals surface area contributed by atoms with E-state index in [0.717, 1.165) is 0 Å². The second-order valence-corrected chi connectivity index (χ2v) is 4.86. The van der Waals surface area contributed by atoms with Crippen LogP contribution in [0.2, 0.25) is 0 Å². The fraction of sp³-hybridized carbons (Fsp3) is 0.385. The Bertz CT molecular complexity index is 326. The Morgan fingerprint density at radius 1 is 1.44 bits per heavy atom. The molecule has 0 N–H and O–H groups in total. The van der Waals surface area contributed by atoms with Crippen molar-refractivity contribution in [1.82, 2.24) is 0 Å². The van der Waals surface area contributed by atoms with Gasteiger partial charge in [-0.05, 0) is 40.7 Å². The number of halogens is 2. The summed E-state index contributed by atoms with van der Waals surface area (Å²) in [5.74, 6) is 0.437. The van der Waals surface area contributed by atoms with Crippen LogP contribution in [-0.4, -0.2) is 18.5 Å². The normalized spacial score (nSPS) is 11.0. The molecule has 1 unspecified atom stereocenters. The Balaban J connectivity index is 0. The molecule has 0 aliphatic carbocycles. The first-order chi connectivity index (χ1) is 8.15. The molecule has 1 nitrogen and oxygen atoms in total. The average molecular weight is 559 g/mol. The van der Waals surface area contributed by atoms with Crippen LogP contribution in [0.5, 0.6) is 0 Å². The topological polar surface area (TPSA) is 9.23 Å². The number of rotatable bonds is 5. The van der Waals surface area contributed by atoms with Gasteiger partial charge in [-0.2, -0.15) is 6.92 Å². The minimum atomic E-state index is -0.216. The molecular formula is C13H18BrFOSU. The predicted molar refractivity (Wildman–Crippen MR) is 76.6 cm³/mol. The molecule has 1 atom stereocenters. The smallest absolute Gasteiger partial charge is 0.410 e. The molecule has 1 rings (SSSR count). The molecule has 5 heteroatoms. The van der Waals surface area contributed by atoms with Crippen molar-refractivity contribution in [2.75, 3.05) is 12.4 Å². The Morgan fingerprint density at radius 3 is 2.61 bits per heavy atom. The predicted octanol–water partition coefficient (Wildman–Crippen LogP) is 4.76. The number of benzene rings is 1. The summed E-state index contributed by atoms with van der Waals surface area (Å²) < 4.78 is 19.3. The maximum absolute atomic E-state index is 13.5. The Hall–Kier alpha value is 0.992. The Morgan fingerprint density at radius 2 is 2.06 bits per heavy atom. The van der Waals surface area contributed by atoms with Crippen LogP contribution < -0.4 is 0 Å². The second-order valence-electron chi connectivity index (χ2n) is 2.94. The zero-order chi connectivity index (χ0) is 13.3. The van der Waals surface area contributed by atoms with Gasteiger partial charge in [0, 0.05) is 11.5 Å². The first-order valence-electron chi connectivity index (χ1n) is 5.37. The van der Waals surface area contributed by atoms with Gasteiger partial charge in [-0.1, -0.05) is 12.2 Å². The minimum Gasteiger partial charge on any atom is -0.410 e. The van der Waals surface area contributed by atoms with E-state index in [4.69, 9.17) is 4.74 Å². The van der Waals surface area contributed by atoms with E-state index in [9.17, 15) is 4.39 Å². The molecule has 1 aromatic carbocycles. The van der Waals surface area contributed by atoms with Crippen molar-refractivity contribution in [2.24, 2.45) is 0 Å². The minimum absolute atomic E-state index is 0. The zero-order valence-electron chi connectivity index (χ0n) is 10.7. The Kier molecular flexibility index (Phi) is 15.4. The van der Waals surface area contributed by atoms with Gasteiger partial charge >= 0.3 is 31.1 Å². The SMILES string of the molecule is [CH2-]C.[CH2-]C(CSc1cccc(Br)c1F)OCC.[U+2]. The summed E-state index contributed by atoms with van der Waals surface area (Å²) in [7, 11) is 0. The summed E-state index contributed by atoms with van der Waals surface area (Å²) in [5.41, 5.74) is 0. The third-order valence-corrected chi connectivity index (χ3v) is 3.52. The molecule has 0 fully saturated rings. The maximum Gasteiger partial charge on any atom is 2.00 e. The molecule has 0 amide bonds. The van der Waals surface area contributed by atoms with E-state index in [-0.39, 0.29) is 43.0 Å². The van der Waals surface area contributed by atoms with Crippen LogP contribution >= 0.6 is 27.7 Å². The van der Waals surface area contributed by atoms with Gasteiger partial charge in [0.25, 0.3) is 0 Å². The summed E-state index contributed by atoms with van der Waals surface area (Å²) in [6.07, 6.45) is -0.0987. The van der Waals surface area contributed by atoms with Gasteiger partial charge in [-0.25, -0.2) is 4.39 Å². The van der Waals surface area contributed by atoms with Gasteiger partial charge in [-0.3, -0.25) is 0 Å². The number of hydrogen-bond donors (Lipinski definition) is 0. The van der Waals surface area contributed by atoms with Crippen LogP contribution in [-0.2, 0) is 4.74 Å². The van der Waals surface area contributed by atoms with Crippen molar-refractivity contribution < 1.29 is 40.2 Å². The van der Waals surface area contributed by atoms with Crippen LogP contribution in [0.15, 0.2) is 27.6 Å². The molecule has 0 heterocycles. The van der Waals surface area contributed by atoms with E-state index in [2.05, 4.69) is 29.8 Å². The molecular weight excluding hydrogens is 541 g/mol. The van der Waals surface area contributed by atoms with Gasteiger partial charge < -0.3 is 18.6 Å². The van der Waals surface area contributed by atoms with Crippen LogP contribution in [0.3, 0.4) is 0 Å². The van der Waals surface area contributed by atoms with Gasteiger partial charge in [0.2, 0.25) is 0 Å². The van der Waals surface area contributed by atoms with Crippen LogP contribution in [0.25, 0.3) is 0 Å². The van der Waals surface area contributed by atoms with Gasteiger partial charge in [-0.15, -0.1) is 11.8 Å². The summed E-state index contributed by atoms with van der Waals surface area (Å²) in [6.45, 7) is 11.4. The molecule has 0 aliphatic heterocycles. The fourth-order valence-electron chi connectivity index (χ4n) is 1.06. The van der Waals surface area contributed by atoms with Crippen molar-refractivity contribution in [3.05, 3.63) is 42.3 Å². The van der Waals surface area contributed by atoms with E-state index in [1.807, 2.05) is 13.0 Å². The summed E-state index contributed by atoms with van der Waals surface area (Å²) in [4.78, 5) is 0.623. The van der Waals surface area contributed by atoms with E-state index >= 15 is 0 Å². The third kappa shape index (κ3) is 8.22. The van der Waals surface area contributed by atoms with Crippen LogP contribution in [0.4, 0.5) is 4.39 Å². The first kappa shape index (κ1) is 21.3. The van der Waals surface area contributed by atoms with Gasteiger partial charge in [0.1, 0.15) is 0 Å². The molecule has 0 saturated heterocycles. The van der Waals surface area contributed by atoms with E-state index in [0.29, 0.717) is 21.7 Å². The molecule has 1 aromatic rings. The Labute approximate surface area is 146 Å². The van der Waals surface area contributed by atoms with Crippen molar-refractivity contribution in [3.8, 4) is 0 Å². The van der Waals surface area contributed by atoms with Crippen molar-refractivity contribution in [2.45, 2.75) is 24.8 Å². The number of ether oxygens (including phenoxy) is 1. The van der Waals surface area contributed by atoms with Crippen molar-refractivity contribution in [1.29, 1.82) is 0 Å². The molecule has 0 spiro atoms. The zero-order valence-corrected chi connectivity index (χ0v) is 17.3. The maximum atomic E-state index is 13.5. The summed E-state index contributed by atoms with van der Waals surface area (Å²) in [6, 6.07) is 5.25. The van der Waals surface area contributed by atoms with Crippen LogP contribution in [0, 0.1) is 50.8 Å². The third-order valence-electron chi connectivity index (χ3n) is 1.74. The number of thioether (sulfide) groups is 1. The standard InChI is InChI=1S/C11H13BrFOS.C2H5.U/c1-3-14-8(2)7-15-10-6-4-5-9(12)11(10)13;1-2;/h4-6,8H,2-3,7H2,1H3;1H2,2H3;/q2*-1;+2. The molecule has 18 heavy (non-hydrogen) atoms. The molecule has 0 bridgehead atoms. The van der Waals surface area contributed by atoms with E-state index < -0.39 is 0 Å². The second kappa shape index (κ2) is 13.0. The molecule has 0 aromatic heterocycles. The largest absolute Gasteiger partial charge is 2.00 e. The fourth-order valence-corrected chi connectivity index (χ4v) is 2.43. The van der Waals surface area contributed by atoms with Crippen molar-refractivity contribution in [3.63, 3.8) is 0 Å². The molecule has 0 aliphatic rings. The quantitative estimate of drug-likeness (QED) is 0.381. The van der Waals surface area contributed by atoms with E-state index in [1.54, 1.807) is 19.1 Å². The average Bonchev–Trinajstić information content (AvgIpc) is 2.34. The summed E-state index contributed by atoms with van der Waals surface area (Å²) in [5, 5.41) is 0. The molecule has 100 valence electrons. The van der Waals surface area contributed by atoms with E-state index in [1.165, 1.54) is 11.8 Å². The van der Waals surface area contributed by atoms with Gasteiger partial charge in [0.05, 0.1) is 4.47 Å². The summed E-state index contributed by atoms with van der Waals surface area (Å²) >= 11 is 4.57. The van der Waals surface area contributed by atoms with Crippen LogP contribution in [0.1, 0.15) is 13.8 Å². The molecule has 0 saturated carbocycles. The number of hydrogen-bond acceptors (Lipinski definition) is 2. The van der Waals surface area contributed by atoms with Crippen molar-refractivity contribution >= 4 is 27.7 Å². The molecule has 0 radical (unpaired) electrons.